The highest BCUT2D eigenvalue weighted by Gasteiger charge is 2.59. The van der Waals surface area contributed by atoms with E-state index in [0.29, 0.717) is 17.6 Å². The minimum absolute atomic E-state index is 0. The van der Waals surface area contributed by atoms with Crippen molar-refractivity contribution in [1.29, 1.82) is 0 Å². The molecule has 158 valence electrons. The molecule has 1 aliphatic heterocycles. The van der Waals surface area contributed by atoms with Gasteiger partial charge in [-0.25, -0.2) is 0 Å². The summed E-state index contributed by atoms with van der Waals surface area (Å²) in [5.41, 5.74) is 1.37. The normalized spacial score (nSPS) is 27.1. The lowest BCUT2D eigenvalue weighted by atomic mass is 9.51. The number of nitrogens with one attached hydrogen (secondary N) is 1. The summed E-state index contributed by atoms with van der Waals surface area (Å²) in [5, 5.41) is 7.84. The molecule has 0 aromatic carbocycles. The van der Waals surface area contributed by atoms with Gasteiger partial charge in [-0.05, 0) is 33.1 Å². The van der Waals surface area contributed by atoms with E-state index in [-0.39, 0.29) is 24.0 Å². The Morgan fingerprint density at radius 1 is 1.32 bits per heavy atom. The van der Waals surface area contributed by atoms with E-state index in [1.54, 1.807) is 6.26 Å². The summed E-state index contributed by atoms with van der Waals surface area (Å²) in [5.74, 6) is 1.09. The van der Waals surface area contributed by atoms with Crippen molar-refractivity contribution in [2.75, 3.05) is 39.3 Å². The van der Waals surface area contributed by atoms with Crippen molar-refractivity contribution in [1.82, 2.24) is 20.3 Å². The lowest BCUT2D eigenvalue weighted by Crippen LogP contribution is -2.69. The number of ether oxygens (including phenoxy) is 1. The number of rotatable bonds is 6. The highest BCUT2D eigenvalue weighted by atomic mass is 127. The summed E-state index contributed by atoms with van der Waals surface area (Å²) in [7, 11) is 0. The molecule has 0 bridgehead atoms. The van der Waals surface area contributed by atoms with Crippen molar-refractivity contribution in [2.24, 2.45) is 10.4 Å². The largest absolute Gasteiger partial charge is 0.378 e. The van der Waals surface area contributed by atoms with E-state index in [4.69, 9.17) is 14.3 Å². The number of aromatic nitrogens is 1. The molecule has 2 heterocycles. The third-order valence-electron chi connectivity index (χ3n) is 6.60. The van der Waals surface area contributed by atoms with Gasteiger partial charge in [-0.15, -0.1) is 24.0 Å². The van der Waals surface area contributed by atoms with Gasteiger partial charge in [-0.1, -0.05) is 11.6 Å². The molecule has 1 spiro atoms. The molecule has 1 aromatic heterocycles. The van der Waals surface area contributed by atoms with Gasteiger partial charge in [0.05, 0.1) is 11.8 Å². The van der Waals surface area contributed by atoms with E-state index < -0.39 is 0 Å². The molecule has 28 heavy (non-hydrogen) atoms. The molecule has 7 nitrogen and oxygen atoms in total. The Balaban J connectivity index is 0.00000225. The molecule has 0 radical (unpaired) electrons. The molecule has 1 N–H and O–H groups in total. The first kappa shape index (κ1) is 21.8. The van der Waals surface area contributed by atoms with E-state index >= 15 is 0 Å². The highest BCUT2D eigenvalue weighted by molar-refractivity contribution is 14.0. The van der Waals surface area contributed by atoms with Crippen molar-refractivity contribution < 1.29 is 9.26 Å². The SMILES string of the molecule is CCN=C(NC1CC(OCC)C12CCC2)N1CCN(Cc2ccon2)CC1.I. The minimum atomic E-state index is 0. The Labute approximate surface area is 185 Å². The maximum atomic E-state index is 6.00. The topological polar surface area (TPSA) is 66.1 Å². The van der Waals surface area contributed by atoms with Gasteiger partial charge in [0.25, 0.3) is 0 Å². The van der Waals surface area contributed by atoms with Crippen LogP contribution in [0.3, 0.4) is 0 Å². The van der Waals surface area contributed by atoms with Crippen LogP contribution in [0.2, 0.25) is 0 Å². The first-order valence-corrected chi connectivity index (χ1v) is 10.5. The van der Waals surface area contributed by atoms with Crippen molar-refractivity contribution in [3.63, 3.8) is 0 Å². The number of guanidine groups is 1. The van der Waals surface area contributed by atoms with Gasteiger partial charge in [0.1, 0.15) is 6.26 Å². The van der Waals surface area contributed by atoms with E-state index in [9.17, 15) is 0 Å². The van der Waals surface area contributed by atoms with E-state index in [1.165, 1.54) is 19.3 Å². The van der Waals surface area contributed by atoms with Crippen LogP contribution in [0.4, 0.5) is 0 Å². The molecule has 0 amide bonds. The number of hydrogen-bond donors (Lipinski definition) is 1. The van der Waals surface area contributed by atoms with Crippen molar-refractivity contribution >= 4 is 29.9 Å². The number of halogens is 1. The molecule has 3 fully saturated rings. The van der Waals surface area contributed by atoms with Gasteiger partial charge in [0, 0.05) is 63.4 Å². The fourth-order valence-corrected chi connectivity index (χ4v) is 4.85. The van der Waals surface area contributed by atoms with Gasteiger partial charge >= 0.3 is 0 Å². The van der Waals surface area contributed by atoms with Crippen LogP contribution >= 0.6 is 24.0 Å². The summed E-state index contributed by atoms with van der Waals surface area (Å²) in [4.78, 5) is 9.66. The van der Waals surface area contributed by atoms with Crippen LogP contribution in [-0.2, 0) is 11.3 Å². The molecule has 3 aliphatic rings. The van der Waals surface area contributed by atoms with Crippen LogP contribution in [0.1, 0.15) is 45.2 Å². The second-order valence-corrected chi connectivity index (χ2v) is 8.02. The molecule has 1 aromatic rings. The number of aliphatic imine (C=N–C) groups is 1. The summed E-state index contributed by atoms with van der Waals surface area (Å²) < 4.78 is 10.9. The van der Waals surface area contributed by atoms with E-state index in [0.717, 1.165) is 63.9 Å². The molecule has 2 unspecified atom stereocenters. The average Bonchev–Trinajstić information content (AvgIpc) is 3.12. The number of hydrogen-bond acceptors (Lipinski definition) is 5. The number of piperazine rings is 1. The van der Waals surface area contributed by atoms with Crippen molar-refractivity contribution in [3.8, 4) is 0 Å². The van der Waals surface area contributed by atoms with Gasteiger partial charge in [0.15, 0.2) is 5.96 Å². The molecule has 2 aliphatic carbocycles. The predicted octanol–water partition coefficient (Wildman–Crippen LogP) is 2.72. The van der Waals surface area contributed by atoms with Crippen LogP contribution in [0.25, 0.3) is 0 Å². The lowest BCUT2D eigenvalue weighted by molar-refractivity contribution is -0.169. The second-order valence-electron chi connectivity index (χ2n) is 8.02. The minimum Gasteiger partial charge on any atom is -0.378 e. The van der Waals surface area contributed by atoms with E-state index in [2.05, 4.69) is 34.1 Å². The van der Waals surface area contributed by atoms with E-state index in [1.807, 2.05) is 6.07 Å². The Hall–Kier alpha value is -0.870. The first-order valence-electron chi connectivity index (χ1n) is 10.5. The Kier molecular flexibility index (Phi) is 7.60. The second kappa shape index (κ2) is 9.75. The first-order chi connectivity index (χ1) is 13.2. The monoisotopic (exact) mass is 503 g/mol. The third kappa shape index (κ3) is 4.33. The molecule has 2 atom stereocenters. The molecule has 2 saturated carbocycles. The fraction of sp³-hybridized carbons (Fsp3) is 0.800. The summed E-state index contributed by atoms with van der Waals surface area (Å²) >= 11 is 0. The van der Waals surface area contributed by atoms with Crippen LogP contribution in [0.15, 0.2) is 21.8 Å². The maximum Gasteiger partial charge on any atom is 0.194 e. The summed E-state index contributed by atoms with van der Waals surface area (Å²) in [6.45, 7) is 10.8. The molecular formula is C20H34IN5O2. The lowest BCUT2D eigenvalue weighted by Gasteiger charge is -2.61. The zero-order valence-corrected chi connectivity index (χ0v) is 19.4. The third-order valence-corrected chi connectivity index (χ3v) is 6.60. The Bertz CT molecular complexity index is 627. The van der Waals surface area contributed by atoms with Gasteiger partial charge in [-0.3, -0.25) is 9.89 Å². The van der Waals surface area contributed by atoms with Crippen LogP contribution in [-0.4, -0.2) is 72.4 Å². The average molecular weight is 503 g/mol. The quantitative estimate of drug-likeness (QED) is 0.366. The van der Waals surface area contributed by atoms with Crippen molar-refractivity contribution in [2.45, 2.75) is 58.2 Å². The highest BCUT2D eigenvalue weighted by Crippen LogP contribution is 2.57. The molecule has 1 saturated heterocycles. The van der Waals surface area contributed by atoms with Gasteiger partial charge < -0.3 is 19.5 Å². The fourth-order valence-electron chi connectivity index (χ4n) is 4.85. The smallest absolute Gasteiger partial charge is 0.194 e. The van der Waals surface area contributed by atoms with Crippen LogP contribution in [0, 0.1) is 5.41 Å². The van der Waals surface area contributed by atoms with Gasteiger partial charge in [-0.2, -0.15) is 0 Å². The Morgan fingerprint density at radius 2 is 2.11 bits per heavy atom. The van der Waals surface area contributed by atoms with Crippen molar-refractivity contribution in [3.05, 3.63) is 18.0 Å². The van der Waals surface area contributed by atoms with Crippen LogP contribution < -0.4 is 5.32 Å². The number of nitrogens with zero attached hydrogens (tertiary/aromatic N) is 4. The molecule has 4 rings (SSSR count). The standard InChI is InChI=1S/C20H33N5O2.HI/c1-3-21-19(22-17-14-18(26-4-2)20(17)7-5-8-20)25-11-9-24(10-12-25)15-16-6-13-27-23-16;/h6,13,17-18H,3-5,7-12,14-15H2,1-2H3,(H,21,22);1H. The zero-order valence-electron chi connectivity index (χ0n) is 17.1. The van der Waals surface area contributed by atoms with Crippen LogP contribution in [0.5, 0.6) is 0 Å². The molecular weight excluding hydrogens is 469 g/mol. The summed E-state index contributed by atoms with van der Waals surface area (Å²) in [6, 6.07) is 2.46. The zero-order chi connectivity index (χ0) is 18.7. The Morgan fingerprint density at radius 3 is 2.68 bits per heavy atom. The maximum absolute atomic E-state index is 6.00. The summed E-state index contributed by atoms with van der Waals surface area (Å²) in [6.07, 6.45) is 7.12. The predicted molar refractivity (Wildman–Crippen MR) is 120 cm³/mol. The molecule has 8 heteroatoms. The van der Waals surface area contributed by atoms with Gasteiger partial charge in [0.2, 0.25) is 0 Å².